The normalized spacial score (nSPS) is 11.7. The number of thioether (sulfide) groups is 1. The van der Waals surface area contributed by atoms with Crippen LogP contribution in [-0.4, -0.2) is 16.1 Å². The number of hydrogen-bond donors (Lipinski definition) is 1. The summed E-state index contributed by atoms with van der Waals surface area (Å²) < 4.78 is 0. The predicted octanol–water partition coefficient (Wildman–Crippen LogP) is 4.02. The Morgan fingerprint density at radius 3 is 2.27 bits per heavy atom. The minimum atomic E-state index is -0.442. The summed E-state index contributed by atoms with van der Waals surface area (Å²) in [6, 6.07) is 13.8. The van der Waals surface area contributed by atoms with Gasteiger partial charge in [-0.15, -0.1) is 11.8 Å². The zero-order valence-corrected chi connectivity index (χ0v) is 13.1. The molecule has 0 aliphatic carbocycles. The van der Waals surface area contributed by atoms with Gasteiger partial charge in [-0.05, 0) is 38.1 Å². The van der Waals surface area contributed by atoms with E-state index < -0.39 is 4.92 Å². The van der Waals surface area contributed by atoms with E-state index in [4.69, 9.17) is 0 Å². The fourth-order valence-electron chi connectivity index (χ4n) is 1.78. The first-order valence-electron chi connectivity index (χ1n) is 6.74. The number of anilines is 1. The molecular formula is C16H16N2O3S. The Balaban J connectivity index is 1.95. The Hall–Kier alpha value is -2.34. The van der Waals surface area contributed by atoms with Crippen molar-refractivity contribution in [3.05, 3.63) is 64.2 Å². The summed E-state index contributed by atoms with van der Waals surface area (Å²) in [6.45, 7) is 3.79. The molecule has 0 aliphatic rings. The van der Waals surface area contributed by atoms with Crippen LogP contribution >= 0.6 is 11.8 Å². The van der Waals surface area contributed by atoms with Gasteiger partial charge in [0, 0.05) is 22.7 Å². The molecule has 0 spiro atoms. The molecule has 0 saturated heterocycles. The molecule has 6 heteroatoms. The molecular weight excluding hydrogens is 300 g/mol. The molecule has 0 aromatic heterocycles. The number of amides is 1. The molecule has 0 saturated carbocycles. The summed E-state index contributed by atoms with van der Waals surface area (Å²) in [4.78, 5) is 23.1. The van der Waals surface area contributed by atoms with Gasteiger partial charge >= 0.3 is 0 Å². The first kappa shape index (κ1) is 16.0. The van der Waals surface area contributed by atoms with Gasteiger partial charge < -0.3 is 5.32 Å². The van der Waals surface area contributed by atoms with Crippen LogP contribution in [0.1, 0.15) is 12.5 Å². The molecule has 0 fully saturated rings. The highest BCUT2D eigenvalue weighted by Gasteiger charge is 2.15. The van der Waals surface area contributed by atoms with E-state index in [2.05, 4.69) is 5.32 Å². The molecule has 1 N–H and O–H groups in total. The van der Waals surface area contributed by atoms with Gasteiger partial charge in [0.05, 0.1) is 10.2 Å². The lowest BCUT2D eigenvalue weighted by Crippen LogP contribution is -2.22. The monoisotopic (exact) mass is 316 g/mol. The molecule has 0 radical (unpaired) electrons. The van der Waals surface area contributed by atoms with E-state index in [-0.39, 0.29) is 16.8 Å². The van der Waals surface area contributed by atoms with Gasteiger partial charge in [-0.2, -0.15) is 0 Å². The molecule has 1 amide bonds. The highest BCUT2D eigenvalue weighted by Crippen LogP contribution is 2.26. The predicted molar refractivity (Wildman–Crippen MR) is 88.2 cm³/mol. The third-order valence-corrected chi connectivity index (χ3v) is 4.16. The molecule has 2 rings (SSSR count). The average Bonchev–Trinajstić information content (AvgIpc) is 2.50. The van der Waals surface area contributed by atoms with Crippen molar-refractivity contribution in [1.29, 1.82) is 0 Å². The number of aryl methyl sites for hydroxylation is 1. The van der Waals surface area contributed by atoms with E-state index in [1.807, 2.05) is 31.2 Å². The summed E-state index contributed by atoms with van der Waals surface area (Å²) in [5, 5.41) is 13.2. The number of nitrogens with one attached hydrogen (secondary N) is 1. The van der Waals surface area contributed by atoms with Crippen LogP contribution < -0.4 is 5.32 Å². The summed E-state index contributed by atoms with van der Waals surface area (Å²) in [5.74, 6) is -0.104. The number of rotatable bonds is 5. The van der Waals surface area contributed by atoms with Crippen molar-refractivity contribution in [2.75, 3.05) is 5.32 Å². The van der Waals surface area contributed by atoms with E-state index in [1.165, 1.54) is 23.9 Å². The second-order valence-electron chi connectivity index (χ2n) is 4.87. The number of carbonyl (C=O) groups is 1. The van der Waals surface area contributed by atoms with Crippen molar-refractivity contribution in [2.24, 2.45) is 0 Å². The highest BCUT2D eigenvalue weighted by atomic mass is 32.2. The smallest absolute Gasteiger partial charge is 0.269 e. The van der Waals surface area contributed by atoms with E-state index in [0.29, 0.717) is 0 Å². The van der Waals surface area contributed by atoms with Gasteiger partial charge in [0.25, 0.3) is 5.69 Å². The number of non-ortho nitro benzene ring substituents is 1. The van der Waals surface area contributed by atoms with E-state index in [1.54, 1.807) is 19.1 Å². The maximum atomic E-state index is 12.1. The Labute approximate surface area is 132 Å². The Kier molecular flexibility index (Phi) is 5.16. The lowest BCUT2D eigenvalue weighted by Gasteiger charge is -2.12. The minimum Gasteiger partial charge on any atom is -0.325 e. The second kappa shape index (κ2) is 7.09. The maximum absolute atomic E-state index is 12.1. The SMILES string of the molecule is Cc1ccc(NC(=O)[C@H](C)Sc2ccc([N+](=O)[O-])cc2)cc1. The Morgan fingerprint density at radius 1 is 1.14 bits per heavy atom. The second-order valence-corrected chi connectivity index (χ2v) is 6.28. The van der Waals surface area contributed by atoms with Crippen LogP contribution in [0.3, 0.4) is 0 Å². The topological polar surface area (TPSA) is 72.2 Å². The van der Waals surface area contributed by atoms with Gasteiger partial charge in [0.1, 0.15) is 0 Å². The summed E-state index contributed by atoms with van der Waals surface area (Å²) in [5.41, 5.74) is 1.93. The molecule has 0 heterocycles. The van der Waals surface area contributed by atoms with Gasteiger partial charge in [0.2, 0.25) is 5.91 Å². The minimum absolute atomic E-state index is 0.0427. The number of hydrogen-bond acceptors (Lipinski definition) is 4. The lowest BCUT2D eigenvalue weighted by molar-refractivity contribution is -0.384. The molecule has 2 aromatic rings. The van der Waals surface area contributed by atoms with E-state index >= 15 is 0 Å². The number of benzene rings is 2. The molecule has 5 nitrogen and oxygen atoms in total. The third-order valence-electron chi connectivity index (χ3n) is 3.05. The van der Waals surface area contributed by atoms with Crippen LogP contribution in [0.25, 0.3) is 0 Å². The largest absolute Gasteiger partial charge is 0.325 e. The molecule has 2 aromatic carbocycles. The summed E-state index contributed by atoms with van der Waals surface area (Å²) in [6.07, 6.45) is 0. The third kappa shape index (κ3) is 4.33. The van der Waals surface area contributed by atoms with Gasteiger partial charge in [-0.25, -0.2) is 0 Å². The standard InChI is InChI=1S/C16H16N2O3S/c1-11-3-5-13(6-4-11)17-16(19)12(2)22-15-9-7-14(8-10-15)18(20)21/h3-10,12H,1-2H3,(H,17,19)/t12-/m0/s1. The van der Waals surface area contributed by atoms with E-state index in [9.17, 15) is 14.9 Å². The molecule has 0 aliphatic heterocycles. The van der Waals surface area contributed by atoms with Crippen molar-refractivity contribution in [1.82, 2.24) is 0 Å². The van der Waals surface area contributed by atoms with Crippen molar-refractivity contribution in [3.8, 4) is 0 Å². The zero-order valence-electron chi connectivity index (χ0n) is 12.3. The maximum Gasteiger partial charge on any atom is 0.269 e. The highest BCUT2D eigenvalue weighted by molar-refractivity contribution is 8.00. The average molecular weight is 316 g/mol. The molecule has 1 atom stereocenters. The Morgan fingerprint density at radius 2 is 1.73 bits per heavy atom. The lowest BCUT2D eigenvalue weighted by atomic mass is 10.2. The van der Waals surface area contributed by atoms with Gasteiger partial charge in [0.15, 0.2) is 0 Å². The quantitative estimate of drug-likeness (QED) is 0.513. The van der Waals surface area contributed by atoms with Crippen LogP contribution in [0.4, 0.5) is 11.4 Å². The molecule has 0 bridgehead atoms. The van der Waals surface area contributed by atoms with Crippen LogP contribution in [-0.2, 0) is 4.79 Å². The first-order valence-corrected chi connectivity index (χ1v) is 7.62. The molecule has 22 heavy (non-hydrogen) atoms. The number of nitro groups is 1. The van der Waals surface area contributed by atoms with Crippen LogP contribution in [0.2, 0.25) is 0 Å². The van der Waals surface area contributed by atoms with Crippen LogP contribution in [0.15, 0.2) is 53.4 Å². The van der Waals surface area contributed by atoms with Crippen LogP contribution in [0, 0.1) is 17.0 Å². The fourth-order valence-corrected chi connectivity index (χ4v) is 2.65. The van der Waals surface area contributed by atoms with E-state index in [0.717, 1.165) is 16.1 Å². The summed E-state index contributed by atoms with van der Waals surface area (Å²) in [7, 11) is 0. The summed E-state index contributed by atoms with van der Waals surface area (Å²) >= 11 is 1.36. The van der Waals surface area contributed by atoms with Gasteiger partial charge in [-0.1, -0.05) is 17.7 Å². The van der Waals surface area contributed by atoms with Crippen molar-refractivity contribution in [2.45, 2.75) is 24.0 Å². The first-order chi connectivity index (χ1) is 10.5. The fraction of sp³-hybridized carbons (Fsp3) is 0.188. The van der Waals surface area contributed by atoms with Crippen LogP contribution in [0.5, 0.6) is 0 Å². The Bertz CT molecular complexity index is 669. The van der Waals surface area contributed by atoms with Gasteiger partial charge in [-0.3, -0.25) is 14.9 Å². The molecule has 114 valence electrons. The number of nitro benzene ring substituents is 1. The number of carbonyl (C=O) groups excluding carboxylic acids is 1. The zero-order chi connectivity index (χ0) is 16.1. The van der Waals surface area contributed by atoms with Crippen molar-refractivity contribution in [3.63, 3.8) is 0 Å². The number of nitrogens with zero attached hydrogens (tertiary/aromatic N) is 1. The van der Waals surface area contributed by atoms with Crippen molar-refractivity contribution >= 4 is 29.0 Å². The van der Waals surface area contributed by atoms with Crippen molar-refractivity contribution < 1.29 is 9.72 Å². The molecule has 0 unspecified atom stereocenters.